The summed E-state index contributed by atoms with van der Waals surface area (Å²) in [6.07, 6.45) is 0.761. The van der Waals surface area contributed by atoms with Crippen molar-refractivity contribution in [3.63, 3.8) is 0 Å². The number of likely N-dealkylation sites (N-methyl/N-ethyl adjacent to an activating group) is 1. The van der Waals surface area contributed by atoms with Gasteiger partial charge in [-0.05, 0) is 38.2 Å². The minimum Gasteiger partial charge on any atom is -0.496 e. The fraction of sp³-hybridized carbons (Fsp3) is 0.348. The molecule has 164 valence electrons. The number of aliphatic hydroxyl groups excluding tert-OH is 1. The van der Waals surface area contributed by atoms with Gasteiger partial charge in [-0.3, -0.25) is 4.79 Å². The molecule has 8 heteroatoms. The zero-order chi connectivity index (χ0) is 22.3. The minimum absolute atomic E-state index is 0.0444. The first-order valence-corrected chi connectivity index (χ1v) is 10.7. The zero-order valence-electron chi connectivity index (χ0n) is 17.4. The van der Waals surface area contributed by atoms with Gasteiger partial charge in [-0.1, -0.05) is 15.9 Å². The maximum absolute atomic E-state index is 13.9. The van der Waals surface area contributed by atoms with E-state index in [2.05, 4.69) is 20.8 Å². The molecular formula is C23H23BrFNO5. The summed E-state index contributed by atoms with van der Waals surface area (Å²) in [5.74, 6) is 0.519. The first kappa shape index (κ1) is 21.8. The second-order valence-corrected chi connectivity index (χ2v) is 8.48. The topological polar surface area (TPSA) is 72.1 Å². The van der Waals surface area contributed by atoms with Gasteiger partial charge in [0.2, 0.25) is 0 Å². The number of nitrogens with zero attached hydrogens (tertiary/aromatic N) is 1. The molecule has 1 aromatic heterocycles. The van der Waals surface area contributed by atoms with Crippen LogP contribution in [0.3, 0.4) is 0 Å². The molecule has 0 amide bonds. The first-order chi connectivity index (χ1) is 14.9. The Kier molecular flexibility index (Phi) is 6.05. The standard InChI is InChI=1S/C23H23BrFNO5/c1-26-7-6-13(16(26)11-27)21-19(29-2)10-20(30-3)22-17(28)9-18(31-23(21)22)14-8-12(25)4-5-15(14)24/h4-5,8-10,13,16,27H,6-7,11H2,1-3H3/t13-,16+/m1/s1. The predicted molar refractivity (Wildman–Crippen MR) is 120 cm³/mol. The van der Waals surface area contributed by atoms with E-state index in [4.69, 9.17) is 13.9 Å². The van der Waals surface area contributed by atoms with Crippen LogP contribution in [0.1, 0.15) is 17.9 Å². The molecule has 1 aliphatic heterocycles. The van der Waals surface area contributed by atoms with E-state index in [0.29, 0.717) is 38.1 Å². The number of ether oxygens (including phenoxy) is 2. The molecule has 1 N–H and O–H groups in total. The molecule has 1 saturated heterocycles. The van der Waals surface area contributed by atoms with Crippen molar-refractivity contribution >= 4 is 26.9 Å². The van der Waals surface area contributed by atoms with Gasteiger partial charge in [0.15, 0.2) is 5.43 Å². The van der Waals surface area contributed by atoms with Gasteiger partial charge in [-0.2, -0.15) is 0 Å². The number of likely N-dealkylation sites (tertiary alicyclic amines) is 1. The summed E-state index contributed by atoms with van der Waals surface area (Å²) in [6.45, 7) is 0.739. The largest absolute Gasteiger partial charge is 0.496 e. The van der Waals surface area contributed by atoms with Crippen LogP contribution in [0, 0.1) is 5.82 Å². The van der Waals surface area contributed by atoms with E-state index in [1.807, 2.05) is 7.05 Å². The number of rotatable bonds is 5. The highest BCUT2D eigenvalue weighted by Gasteiger charge is 2.37. The average molecular weight is 492 g/mol. The van der Waals surface area contributed by atoms with Crippen molar-refractivity contribution in [2.45, 2.75) is 18.4 Å². The van der Waals surface area contributed by atoms with E-state index in [0.717, 1.165) is 13.0 Å². The third-order valence-electron chi connectivity index (χ3n) is 5.98. The number of methoxy groups -OCH3 is 2. The highest BCUT2D eigenvalue weighted by molar-refractivity contribution is 9.10. The van der Waals surface area contributed by atoms with E-state index in [1.165, 1.54) is 25.3 Å². The molecule has 3 aromatic rings. The van der Waals surface area contributed by atoms with Crippen LogP contribution >= 0.6 is 15.9 Å². The molecule has 1 fully saturated rings. The van der Waals surface area contributed by atoms with Gasteiger partial charge >= 0.3 is 0 Å². The van der Waals surface area contributed by atoms with Crippen molar-refractivity contribution in [2.75, 3.05) is 34.4 Å². The van der Waals surface area contributed by atoms with Crippen molar-refractivity contribution < 1.29 is 23.4 Å². The molecule has 0 unspecified atom stereocenters. The van der Waals surface area contributed by atoms with Crippen LogP contribution in [0.15, 0.2) is 44.0 Å². The summed E-state index contributed by atoms with van der Waals surface area (Å²) in [5.41, 5.74) is 1.15. The Morgan fingerprint density at radius 1 is 1.23 bits per heavy atom. The molecule has 0 spiro atoms. The molecule has 31 heavy (non-hydrogen) atoms. The van der Waals surface area contributed by atoms with Gasteiger partial charge in [0.05, 0.1) is 20.8 Å². The van der Waals surface area contributed by atoms with Gasteiger partial charge in [0.1, 0.15) is 34.0 Å². The van der Waals surface area contributed by atoms with Crippen molar-refractivity contribution in [1.29, 1.82) is 0 Å². The Hall–Kier alpha value is -2.42. The van der Waals surface area contributed by atoms with E-state index in [9.17, 15) is 14.3 Å². The highest BCUT2D eigenvalue weighted by Crippen LogP contribution is 2.45. The van der Waals surface area contributed by atoms with Crippen LogP contribution in [0.4, 0.5) is 4.39 Å². The fourth-order valence-electron chi connectivity index (χ4n) is 4.41. The fourth-order valence-corrected chi connectivity index (χ4v) is 4.85. The second-order valence-electron chi connectivity index (χ2n) is 7.62. The van der Waals surface area contributed by atoms with Gasteiger partial charge in [-0.25, -0.2) is 4.39 Å². The third-order valence-corrected chi connectivity index (χ3v) is 6.67. The number of hydrogen-bond acceptors (Lipinski definition) is 6. The minimum atomic E-state index is -0.442. The van der Waals surface area contributed by atoms with E-state index >= 15 is 0 Å². The van der Waals surface area contributed by atoms with Crippen LogP contribution in [0.5, 0.6) is 11.5 Å². The van der Waals surface area contributed by atoms with Crippen molar-refractivity contribution in [1.82, 2.24) is 4.90 Å². The number of fused-ring (bicyclic) bond motifs is 1. The highest BCUT2D eigenvalue weighted by atomic mass is 79.9. The van der Waals surface area contributed by atoms with Crippen LogP contribution in [0.25, 0.3) is 22.3 Å². The monoisotopic (exact) mass is 491 g/mol. The van der Waals surface area contributed by atoms with Crippen LogP contribution in [0.2, 0.25) is 0 Å². The lowest BCUT2D eigenvalue weighted by molar-refractivity contribution is 0.171. The molecule has 2 aromatic carbocycles. The summed E-state index contributed by atoms with van der Waals surface area (Å²) in [5, 5.41) is 10.3. The molecular weight excluding hydrogens is 469 g/mol. The Morgan fingerprint density at radius 3 is 2.65 bits per heavy atom. The van der Waals surface area contributed by atoms with Crippen molar-refractivity contribution in [3.8, 4) is 22.8 Å². The molecule has 2 heterocycles. The van der Waals surface area contributed by atoms with Crippen LogP contribution in [-0.4, -0.2) is 50.5 Å². The number of aliphatic hydroxyl groups is 1. The Balaban J connectivity index is 2.07. The Bertz CT molecular complexity index is 1190. The maximum Gasteiger partial charge on any atom is 0.197 e. The lowest BCUT2D eigenvalue weighted by Gasteiger charge is -2.25. The lowest BCUT2D eigenvalue weighted by atomic mass is 9.89. The predicted octanol–water partition coefficient (Wildman–Crippen LogP) is 4.16. The quantitative estimate of drug-likeness (QED) is 0.577. The second kappa shape index (κ2) is 8.61. The SMILES string of the molecule is COc1cc(OC)c2c(=O)cc(-c3cc(F)ccc3Br)oc2c1[C@@H]1CCN(C)[C@H]1CO. The molecule has 6 nitrogen and oxygen atoms in total. The van der Waals surface area contributed by atoms with E-state index in [1.54, 1.807) is 19.2 Å². The molecule has 0 saturated carbocycles. The molecule has 0 radical (unpaired) electrons. The summed E-state index contributed by atoms with van der Waals surface area (Å²) < 4.78 is 31.9. The summed E-state index contributed by atoms with van der Waals surface area (Å²) >= 11 is 3.41. The normalized spacial score (nSPS) is 19.2. The van der Waals surface area contributed by atoms with E-state index < -0.39 is 5.82 Å². The molecule has 0 bridgehead atoms. The van der Waals surface area contributed by atoms with Gasteiger partial charge < -0.3 is 23.9 Å². The average Bonchev–Trinajstić information content (AvgIpc) is 3.13. The number of hydrogen-bond donors (Lipinski definition) is 1. The summed E-state index contributed by atoms with van der Waals surface area (Å²) in [7, 11) is 4.97. The van der Waals surface area contributed by atoms with Gasteiger partial charge in [0.25, 0.3) is 0 Å². The molecule has 4 rings (SSSR count). The summed E-state index contributed by atoms with van der Waals surface area (Å²) in [4.78, 5) is 15.3. The molecule has 0 aliphatic carbocycles. The number of halogens is 2. The van der Waals surface area contributed by atoms with E-state index in [-0.39, 0.29) is 29.8 Å². The Labute approximate surface area is 187 Å². The van der Waals surface area contributed by atoms with Gasteiger partial charge in [-0.15, -0.1) is 0 Å². The maximum atomic E-state index is 13.9. The lowest BCUT2D eigenvalue weighted by Crippen LogP contribution is -2.32. The Morgan fingerprint density at radius 2 is 1.97 bits per heavy atom. The molecule has 1 aliphatic rings. The summed E-state index contributed by atoms with van der Waals surface area (Å²) in [6, 6.07) is 7.07. The smallest absolute Gasteiger partial charge is 0.197 e. The number of benzene rings is 2. The van der Waals surface area contributed by atoms with Crippen molar-refractivity contribution in [3.05, 3.63) is 56.4 Å². The van der Waals surface area contributed by atoms with Crippen molar-refractivity contribution in [2.24, 2.45) is 0 Å². The van der Waals surface area contributed by atoms with Gasteiger partial charge in [0, 0.05) is 39.7 Å². The van der Waals surface area contributed by atoms with Crippen LogP contribution in [-0.2, 0) is 0 Å². The zero-order valence-corrected chi connectivity index (χ0v) is 19.0. The molecule has 2 atom stereocenters. The first-order valence-electron chi connectivity index (χ1n) is 9.88. The van der Waals surface area contributed by atoms with Crippen LogP contribution < -0.4 is 14.9 Å². The third kappa shape index (κ3) is 3.73.